The van der Waals surface area contributed by atoms with Gasteiger partial charge in [0, 0.05) is 4.47 Å². The Morgan fingerprint density at radius 1 is 1.05 bits per heavy atom. The molecule has 0 spiro atoms. The van der Waals surface area contributed by atoms with Gasteiger partial charge < -0.3 is 4.74 Å². The summed E-state index contributed by atoms with van der Waals surface area (Å²) in [7, 11) is 1.66. The van der Waals surface area contributed by atoms with E-state index in [0.29, 0.717) is 0 Å². The lowest BCUT2D eigenvalue weighted by atomic mass is 9.98. The zero-order valence-corrected chi connectivity index (χ0v) is 13.5. The van der Waals surface area contributed by atoms with E-state index in [1.807, 2.05) is 18.2 Å². The summed E-state index contributed by atoms with van der Waals surface area (Å²) in [4.78, 5) is 0. The van der Waals surface area contributed by atoms with Gasteiger partial charge in [0.15, 0.2) is 0 Å². The highest BCUT2D eigenvalue weighted by Crippen LogP contribution is 2.37. The van der Waals surface area contributed by atoms with Gasteiger partial charge in [-0.2, -0.15) is 0 Å². The highest BCUT2D eigenvalue weighted by atomic mass is 79.9. The first-order valence-electron chi connectivity index (χ1n) is 6.07. The summed E-state index contributed by atoms with van der Waals surface area (Å²) in [5.74, 6) is 0.820. The number of aryl methyl sites for hydroxylation is 2. The van der Waals surface area contributed by atoms with E-state index in [1.165, 1.54) is 11.1 Å². The van der Waals surface area contributed by atoms with Gasteiger partial charge in [0.05, 0.1) is 12.5 Å². The lowest BCUT2D eigenvalue weighted by Gasteiger charge is -2.16. The van der Waals surface area contributed by atoms with Gasteiger partial charge in [-0.1, -0.05) is 45.8 Å². The Bertz CT molecular complexity index is 595. The van der Waals surface area contributed by atoms with Crippen molar-refractivity contribution in [3.05, 3.63) is 63.1 Å². The summed E-state index contributed by atoms with van der Waals surface area (Å²) < 4.78 is 6.17. The Hall–Kier alpha value is -0.990. The number of hydrogen-bond acceptors (Lipinski definition) is 1. The van der Waals surface area contributed by atoms with Gasteiger partial charge in [-0.25, -0.2) is 0 Å². The van der Waals surface area contributed by atoms with Crippen molar-refractivity contribution in [1.82, 2.24) is 0 Å². The van der Waals surface area contributed by atoms with Gasteiger partial charge in [-0.05, 0) is 42.7 Å². The Balaban J connectivity index is 2.43. The molecule has 0 amide bonds. The third kappa shape index (κ3) is 3.13. The third-order valence-corrected chi connectivity index (χ3v) is 4.35. The van der Waals surface area contributed by atoms with Gasteiger partial charge >= 0.3 is 0 Å². The minimum Gasteiger partial charge on any atom is -0.497 e. The van der Waals surface area contributed by atoms with Crippen molar-refractivity contribution in [2.45, 2.75) is 19.2 Å². The number of rotatable bonds is 3. The molecule has 0 saturated carbocycles. The normalized spacial score (nSPS) is 12.3. The number of benzene rings is 2. The van der Waals surface area contributed by atoms with Crippen molar-refractivity contribution in [2.75, 3.05) is 7.11 Å². The molecule has 0 aliphatic heterocycles. The molecule has 2 aromatic rings. The molecule has 3 heteroatoms. The molecule has 2 aromatic carbocycles. The smallest absolute Gasteiger partial charge is 0.120 e. The summed E-state index contributed by atoms with van der Waals surface area (Å²) >= 11 is 10.2. The maximum Gasteiger partial charge on any atom is 0.120 e. The van der Waals surface area contributed by atoms with Crippen LogP contribution in [0.25, 0.3) is 0 Å². The van der Waals surface area contributed by atoms with Crippen molar-refractivity contribution in [3.8, 4) is 5.75 Å². The van der Waals surface area contributed by atoms with Crippen LogP contribution in [0.1, 0.15) is 27.6 Å². The molecule has 0 fully saturated rings. The highest BCUT2D eigenvalue weighted by Gasteiger charge is 2.16. The van der Waals surface area contributed by atoms with Crippen molar-refractivity contribution in [1.29, 1.82) is 0 Å². The fraction of sp³-hybridized carbons (Fsp3) is 0.250. The Morgan fingerprint density at radius 2 is 1.79 bits per heavy atom. The van der Waals surface area contributed by atoms with E-state index >= 15 is 0 Å². The Morgan fingerprint density at radius 3 is 2.42 bits per heavy atom. The van der Waals surface area contributed by atoms with E-state index in [4.69, 9.17) is 16.3 Å². The number of halogens is 2. The predicted octanol–water partition coefficient (Wildman–Crippen LogP) is 5.40. The van der Waals surface area contributed by atoms with Crippen molar-refractivity contribution < 1.29 is 4.74 Å². The molecule has 0 saturated heterocycles. The van der Waals surface area contributed by atoms with Crippen LogP contribution in [0.4, 0.5) is 0 Å². The second kappa shape index (κ2) is 5.98. The third-order valence-electron chi connectivity index (χ3n) is 3.19. The van der Waals surface area contributed by atoms with Crippen LogP contribution in [0, 0.1) is 13.8 Å². The van der Waals surface area contributed by atoms with Crippen molar-refractivity contribution >= 4 is 27.5 Å². The topological polar surface area (TPSA) is 9.23 Å². The number of ether oxygens (including phenoxy) is 1. The molecule has 0 radical (unpaired) electrons. The quantitative estimate of drug-likeness (QED) is 0.680. The molecule has 0 heterocycles. The first-order chi connectivity index (χ1) is 9.02. The Labute approximate surface area is 127 Å². The molecule has 1 nitrogen and oxygen atoms in total. The zero-order chi connectivity index (χ0) is 14.0. The number of hydrogen-bond donors (Lipinski definition) is 0. The van der Waals surface area contributed by atoms with Gasteiger partial charge in [0.25, 0.3) is 0 Å². The van der Waals surface area contributed by atoms with Crippen LogP contribution in [0.5, 0.6) is 5.75 Å². The maximum absolute atomic E-state index is 6.64. The van der Waals surface area contributed by atoms with Gasteiger partial charge in [0.1, 0.15) is 5.75 Å². The van der Waals surface area contributed by atoms with Gasteiger partial charge in [0.2, 0.25) is 0 Å². The van der Waals surface area contributed by atoms with Crippen LogP contribution in [0.2, 0.25) is 0 Å². The summed E-state index contributed by atoms with van der Waals surface area (Å²) in [5.41, 5.74) is 4.62. The fourth-order valence-corrected chi connectivity index (χ4v) is 3.18. The lowest BCUT2D eigenvalue weighted by molar-refractivity contribution is 0.414. The van der Waals surface area contributed by atoms with Crippen LogP contribution < -0.4 is 4.74 Å². The summed E-state index contributed by atoms with van der Waals surface area (Å²) in [6, 6.07) is 12.2. The molecule has 0 bridgehead atoms. The minimum absolute atomic E-state index is 0.166. The average molecular weight is 340 g/mol. The van der Waals surface area contributed by atoms with Gasteiger partial charge in [-0.15, -0.1) is 11.6 Å². The van der Waals surface area contributed by atoms with Gasteiger partial charge in [-0.3, -0.25) is 0 Å². The van der Waals surface area contributed by atoms with E-state index < -0.39 is 0 Å². The van der Waals surface area contributed by atoms with Crippen LogP contribution >= 0.6 is 27.5 Å². The summed E-state index contributed by atoms with van der Waals surface area (Å²) in [5, 5.41) is -0.166. The fourth-order valence-electron chi connectivity index (χ4n) is 2.04. The highest BCUT2D eigenvalue weighted by molar-refractivity contribution is 9.10. The zero-order valence-electron chi connectivity index (χ0n) is 11.2. The standard InChI is InChI=1S/C16H16BrClO/c1-10-4-5-11(2)14(8-10)16(18)13-7-6-12(19-3)9-15(13)17/h4-9,16H,1-3H3. The number of methoxy groups -OCH3 is 1. The molecule has 0 aliphatic carbocycles. The molecule has 19 heavy (non-hydrogen) atoms. The number of alkyl halides is 1. The molecule has 0 N–H and O–H groups in total. The molecule has 0 aliphatic rings. The SMILES string of the molecule is COc1ccc(C(Cl)c2cc(C)ccc2C)c(Br)c1. The van der Waals surface area contributed by atoms with Crippen molar-refractivity contribution in [2.24, 2.45) is 0 Å². The lowest BCUT2D eigenvalue weighted by Crippen LogP contribution is -1.98. The van der Waals surface area contributed by atoms with E-state index in [2.05, 4.69) is 48.0 Å². The molecule has 1 atom stereocenters. The Kier molecular flexibility index (Phi) is 4.54. The largest absolute Gasteiger partial charge is 0.497 e. The van der Waals surface area contributed by atoms with E-state index in [0.717, 1.165) is 21.3 Å². The minimum atomic E-state index is -0.166. The second-order valence-corrected chi connectivity index (χ2v) is 5.90. The summed E-state index contributed by atoms with van der Waals surface area (Å²) in [6.07, 6.45) is 0. The van der Waals surface area contributed by atoms with Crippen LogP contribution in [-0.4, -0.2) is 7.11 Å². The van der Waals surface area contributed by atoms with Crippen LogP contribution in [0.15, 0.2) is 40.9 Å². The molecular weight excluding hydrogens is 324 g/mol. The summed E-state index contributed by atoms with van der Waals surface area (Å²) in [6.45, 7) is 4.16. The van der Waals surface area contributed by atoms with Crippen LogP contribution in [0.3, 0.4) is 0 Å². The first-order valence-corrected chi connectivity index (χ1v) is 7.30. The van der Waals surface area contributed by atoms with Crippen molar-refractivity contribution in [3.63, 3.8) is 0 Å². The maximum atomic E-state index is 6.64. The molecular formula is C16H16BrClO. The average Bonchev–Trinajstić information content (AvgIpc) is 2.40. The monoisotopic (exact) mass is 338 g/mol. The van der Waals surface area contributed by atoms with E-state index in [-0.39, 0.29) is 5.38 Å². The molecule has 1 unspecified atom stereocenters. The van der Waals surface area contributed by atoms with E-state index in [1.54, 1.807) is 7.11 Å². The molecule has 0 aromatic heterocycles. The first kappa shape index (κ1) is 14.4. The van der Waals surface area contributed by atoms with E-state index in [9.17, 15) is 0 Å². The van der Waals surface area contributed by atoms with Crippen LogP contribution in [-0.2, 0) is 0 Å². The predicted molar refractivity (Wildman–Crippen MR) is 84.3 cm³/mol. The second-order valence-electron chi connectivity index (χ2n) is 4.61. The molecule has 2 rings (SSSR count). The molecule has 100 valence electrons.